The summed E-state index contributed by atoms with van der Waals surface area (Å²) >= 11 is 0. The van der Waals surface area contributed by atoms with Crippen molar-refractivity contribution in [2.24, 2.45) is 0 Å². The molecule has 0 aliphatic carbocycles. The molecule has 2 aliphatic heterocycles. The number of amides is 3. The number of hydrogen-bond acceptors (Lipinski definition) is 7. The Kier molecular flexibility index (Phi) is 7.93. The van der Waals surface area contributed by atoms with Crippen molar-refractivity contribution in [2.75, 3.05) is 43.6 Å². The second kappa shape index (κ2) is 10.7. The van der Waals surface area contributed by atoms with Gasteiger partial charge < -0.3 is 25.0 Å². The maximum Gasteiger partial charge on any atom is 0.410 e. The number of ether oxygens (including phenoxy) is 2. The first kappa shape index (κ1) is 24.5. The number of rotatable bonds is 4. The maximum absolute atomic E-state index is 12.1. The lowest BCUT2D eigenvalue weighted by molar-refractivity contribution is 0.0983. The molecule has 178 valence electrons. The highest BCUT2D eigenvalue weighted by Gasteiger charge is 2.33. The van der Waals surface area contributed by atoms with Gasteiger partial charge in [0.2, 0.25) is 0 Å². The van der Waals surface area contributed by atoms with E-state index in [1.54, 1.807) is 4.90 Å². The van der Waals surface area contributed by atoms with Crippen LogP contribution >= 0.6 is 12.4 Å². The normalized spacial score (nSPS) is 17.1. The monoisotopic (exact) mass is 476 g/mol. The van der Waals surface area contributed by atoms with Crippen LogP contribution in [0, 0.1) is 0 Å². The van der Waals surface area contributed by atoms with Gasteiger partial charge in [0, 0.05) is 29.9 Å². The first-order valence-electron chi connectivity index (χ1n) is 10.7. The molecule has 0 spiro atoms. The zero-order valence-corrected chi connectivity index (χ0v) is 19.8. The summed E-state index contributed by atoms with van der Waals surface area (Å²) < 4.78 is 10.5. The minimum atomic E-state index is -0.383. The van der Waals surface area contributed by atoms with Crippen LogP contribution in [0.1, 0.15) is 25.1 Å². The summed E-state index contributed by atoms with van der Waals surface area (Å²) in [4.78, 5) is 37.4. The Morgan fingerprint density at radius 3 is 2.64 bits per heavy atom. The van der Waals surface area contributed by atoms with Crippen molar-refractivity contribution in [3.8, 4) is 11.4 Å². The predicted molar refractivity (Wildman–Crippen MR) is 127 cm³/mol. The fourth-order valence-corrected chi connectivity index (χ4v) is 3.94. The van der Waals surface area contributed by atoms with Gasteiger partial charge in [-0.05, 0) is 38.1 Å². The van der Waals surface area contributed by atoms with E-state index >= 15 is 0 Å². The molecule has 3 heterocycles. The topological polar surface area (TPSA) is 109 Å². The fraction of sp³-hybridized carbons (Fsp3) is 0.455. The van der Waals surface area contributed by atoms with E-state index in [-0.39, 0.29) is 30.6 Å². The molecule has 1 aromatic carbocycles. The number of methoxy groups -OCH3 is 1. The SMILES string of the molecule is CCNC(=O)Nc1ccc(-c2nc3c(c(N4CCOC[C@@H]4C)n2)CN(C(=O)OC)C3)cc1.Cl. The molecular weight excluding hydrogens is 448 g/mol. The third-order valence-electron chi connectivity index (χ3n) is 5.57. The molecule has 0 bridgehead atoms. The number of carbonyl (C=O) groups excluding carboxylic acids is 2. The van der Waals surface area contributed by atoms with Crippen LogP contribution in [0.3, 0.4) is 0 Å². The van der Waals surface area contributed by atoms with E-state index in [1.807, 2.05) is 31.2 Å². The molecule has 33 heavy (non-hydrogen) atoms. The number of morpholine rings is 1. The van der Waals surface area contributed by atoms with Crippen molar-refractivity contribution in [3.05, 3.63) is 35.5 Å². The van der Waals surface area contributed by atoms with E-state index in [0.717, 1.165) is 29.2 Å². The van der Waals surface area contributed by atoms with E-state index in [9.17, 15) is 9.59 Å². The Balaban J connectivity index is 0.00000306. The molecule has 0 radical (unpaired) electrons. The Morgan fingerprint density at radius 2 is 1.97 bits per heavy atom. The minimum Gasteiger partial charge on any atom is -0.453 e. The average molecular weight is 477 g/mol. The number of aromatic nitrogens is 2. The predicted octanol–water partition coefficient (Wildman–Crippen LogP) is 3.01. The van der Waals surface area contributed by atoms with Crippen LogP contribution in [0.25, 0.3) is 11.4 Å². The second-order valence-electron chi connectivity index (χ2n) is 7.80. The van der Waals surface area contributed by atoms with Gasteiger partial charge in [0.25, 0.3) is 0 Å². The van der Waals surface area contributed by atoms with Gasteiger partial charge in [-0.1, -0.05) is 0 Å². The van der Waals surface area contributed by atoms with Crippen molar-refractivity contribution in [1.29, 1.82) is 0 Å². The lowest BCUT2D eigenvalue weighted by atomic mass is 10.1. The summed E-state index contributed by atoms with van der Waals surface area (Å²) in [5.41, 5.74) is 3.27. The summed E-state index contributed by atoms with van der Waals surface area (Å²) in [5.74, 6) is 1.41. The summed E-state index contributed by atoms with van der Waals surface area (Å²) in [7, 11) is 1.38. The smallest absolute Gasteiger partial charge is 0.410 e. The first-order chi connectivity index (χ1) is 15.5. The van der Waals surface area contributed by atoms with Crippen molar-refractivity contribution >= 4 is 36.0 Å². The van der Waals surface area contributed by atoms with Crippen molar-refractivity contribution in [2.45, 2.75) is 33.0 Å². The first-order valence-corrected chi connectivity index (χ1v) is 10.7. The molecule has 0 unspecified atom stereocenters. The molecule has 1 atom stereocenters. The highest BCUT2D eigenvalue weighted by Crippen LogP contribution is 2.33. The molecule has 0 saturated carbocycles. The number of carbonyl (C=O) groups is 2. The number of hydrogen-bond donors (Lipinski definition) is 2. The molecule has 2 aromatic rings. The number of fused-ring (bicyclic) bond motifs is 1. The van der Waals surface area contributed by atoms with Crippen LogP contribution in [-0.2, 0) is 22.6 Å². The van der Waals surface area contributed by atoms with E-state index in [1.165, 1.54) is 7.11 Å². The van der Waals surface area contributed by atoms with Gasteiger partial charge in [0.15, 0.2) is 5.82 Å². The molecule has 2 N–H and O–H groups in total. The zero-order valence-electron chi connectivity index (χ0n) is 19.0. The highest BCUT2D eigenvalue weighted by atomic mass is 35.5. The van der Waals surface area contributed by atoms with Crippen LogP contribution in [0.5, 0.6) is 0 Å². The summed E-state index contributed by atoms with van der Waals surface area (Å²) in [6.45, 7) is 7.27. The molecule has 4 rings (SSSR count). The molecule has 1 saturated heterocycles. The van der Waals surface area contributed by atoms with E-state index < -0.39 is 0 Å². The highest BCUT2D eigenvalue weighted by molar-refractivity contribution is 5.89. The van der Waals surface area contributed by atoms with Gasteiger partial charge in [-0.2, -0.15) is 0 Å². The zero-order chi connectivity index (χ0) is 22.7. The average Bonchev–Trinajstić information content (AvgIpc) is 3.23. The number of nitrogens with zero attached hydrogens (tertiary/aromatic N) is 4. The van der Waals surface area contributed by atoms with E-state index in [0.29, 0.717) is 44.4 Å². The Bertz CT molecular complexity index is 1000. The third kappa shape index (κ3) is 5.28. The summed E-state index contributed by atoms with van der Waals surface area (Å²) in [5, 5.41) is 5.49. The van der Waals surface area contributed by atoms with Crippen LogP contribution < -0.4 is 15.5 Å². The number of benzene rings is 1. The lowest BCUT2D eigenvalue weighted by Crippen LogP contribution is -2.44. The largest absolute Gasteiger partial charge is 0.453 e. The number of nitrogens with one attached hydrogen (secondary N) is 2. The number of urea groups is 1. The van der Waals surface area contributed by atoms with Gasteiger partial charge >= 0.3 is 12.1 Å². The Labute approximate surface area is 199 Å². The summed E-state index contributed by atoms with van der Waals surface area (Å²) in [6.07, 6.45) is -0.383. The summed E-state index contributed by atoms with van der Waals surface area (Å²) in [6, 6.07) is 7.30. The fourth-order valence-electron chi connectivity index (χ4n) is 3.94. The van der Waals surface area contributed by atoms with Crippen LogP contribution in [0.2, 0.25) is 0 Å². The third-order valence-corrected chi connectivity index (χ3v) is 5.57. The van der Waals surface area contributed by atoms with Crippen LogP contribution in [0.15, 0.2) is 24.3 Å². The van der Waals surface area contributed by atoms with Gasteiger partial charge in [-0.3, -0.25) is 4.90 Å². The standard InChI is InChI=1S/C22H28N6O4.ClH/c1-4-23-21(29)24-16-7-5-15(6-8-16)19-25-18-12-27(22(30)31-3)11-17(18)20(26-19)28-9-10-32-13-14(28)2;/h5-8,14H,4,9-13H2,1-3H3,(H2,23,24,29);1H/t14-;/m0./s1. The lowest BCUT2D eigenvalue weighted by Gasteiger charge is -2.35. The van der Waals surface area contributed by atoms with Gasteiger partial charge in [-0.15, -0.1) is 12.4 Å². The van der Waals surface area contributed by atoms with E-state index in [4.69, 9.17) is 19.4 Å². The van der Waals surface area contributed by atoms with Crippen LogP contribution in [-0.4, -0.2) is 66.4 Å². The molecule has 3 amide bonds. The molecule has 10 nitrogen and oxygen atoms in total. The molecule has 11 heteroatoms. The Hall–Kier alpha value is -3.11. The van der Waals surface area contributed by atoms with Gasteiger partial charge in [-0.25, -0.2) is 19.6 Å². The molecule has 1 aromatic heterocycles. The number of halogens is 1. The van der Waals surface area contributed by atoms with E-state index in [2.05, 4.69) is 22.5 Å². The maximum atomic E-state index is 12.1. The second-order valence-corrected chi connectivity index (χ2v) is 7.80. The minimum absolute atomic E-state index is 0. The Morgan fingerprint density at radius 1 is 1.21 bits per heavy atom. The van der Waals surface area contributed by atoms with Gasteiger partial charge in [0.05, 0.1) is 45.1 Å². The molecule has 2 aliphatic rings. The quantitative estimate of drug-likeness (QED) is 0.698. The number of anilines is 2. The molecular formula is C22H29ClN6O4. The van der Waals surface area contributed by atoms with Crippen molar-refractivity contribution in [3.63, 3.8) is 0 Å². The van der Waals surface area contributed by atoms with Crippen molar-refractivity contribution < 1.29 is 19.1 Å². The van der Waals surface area contributed by atoms with Gasteiger partial charge in [0.1, 0.15) is 5.82 Å². The van der Waals surface area contributed by atoms with Crippen LogP contribution in [0.4, 0.5) is 21.1 Å². The van der Waals surface area contributed by atoms with Crippen molar-refractivity contribution in [1.82, 2.24) is 20.2 Å². The molecule has 1 fully saturated rings.